The maximum Gasteiger partial charge on any atom is 0.311 e. The first-order chi connectivity index (χ1) is 7.68. The highest BCUT2D eigenvalue weighted by atomic mass is 16.5. The van der Waals surface area contributed by atoms with Crippen molar-refractivity contribution >= 4 is 5.97 Å². The van der Waals surface area contributed by atoms with Crippen LogP contribution in [0.5, 0.6) is 0 Å². The minimum absolute atomic E-state index is 0.0237. The zero-order valence-electron chi connectivity index (χ0n) is 9.35. The van der Waals surface area contributed by atoms with Gasteiger partial charge in [0.2, 0.25) is 0 Å². The van der Waals surface area contributed by atoms with E-state index in [1.54, 1.807) is 6.20 Å². The van der Waals surface area contributed by atoms with Crippen LogP contribution in [0.4, 0.5) is 0 Å². The third-order valence-electron chi connectivity index (χ3n) is 3.01. The molecule has 1 N–H and O–H groups in total. The van der Waals surface area contributed by atoms with Gasteiger partial charge in [-0.25, -0.2) is 4.98 Å². The molecule has 1 unspecified atom stereocenters. The van der Waals surface area contributed by atoms with Crippen LogP contribution < -0.4 is 0 Å². The molecule has 1 aliphatic rings. The SMILES string of the molecule is Cn1c(C2CCCOC2)cnc1CC(=O)O. The average molecular weight is 224 g/mol. The standard InChI is InChI=1S/C11H16N2O3/c1-13-9(8-3-2-4-16-7-8)6-12-10(13)5-11(14)15/h6,8H,2-5,7H2,1H3,(H,14,15). The van der Waals surface area contributed by atoms with Crippen LogP contribution in [0.1, 0.15) is 30.3 Å². The van der Waals surface area contributed by atoms with E-state index < -0.39 is 5.97 Å². The molecule has 0 spiro atoms. The number of hydrogen-bond donors (Lipinski definition) is 1. The van der Waals surface area contributed by atoms with Gasteiger partial charge in [0.25, 0.3) is 0 Å². The van der Waals surface area contributed by atoms with E-state index in [-0.39, 0.29) is 6.42 Å². The maximum absolute atomic E-state index is 10.6. The Morgan fingerprint density at radius 1 is 1.75 bits per heavy atom. The second-order valence-corrected chi connectivity index (χ2v) is 4.14. The lowest BCUT2D eigenvalue weighted by atomic mass is 9.99. The topological polar surface area (TPSA) is 64.4 Å². The van der Waals surface area contributed by atoms with Crippen molar-refractivity contribution in [3.05, 3.63) is 17.7 Å². The van der Waals surface area contributed by atoms with Gasteiger partial charge in [-0.05, 0) is 12.8 Å². The lowest BCUT2D eigenvalue weighted by molar-refractivity contribution is -0.136. The minimum Gasteiger partial charge on any atom is -0.481 e. The highest BCUT2D eigenvalue weighted by Crippen LogP contribution is 2.25. The first kappa shape index (κ1) is 11.1. The van der Waals surface area contributed by atoms with E-state index in [1.165, 1.54) is 0 Å². The van der Waals surface area contributed by atoms with Crippen LogP contribution in [-0.2, 0) is 23.0 Å². The molecule has 16 heavy (non-hydrogen) atoms. The summed E-state index contributed by atoms with van der Waals surface area (Å²) in [5.74, 6) is 0.113. The Bertz CT molecular complexity index is 381. The summed E-state index contributed by atoms with van der Waals surface area (Å²) in [6, 6.07) is 0. The zero-order valence-corrected chi connectivity index (χ0v) is 9.35. The van der Waals surface area contributed by atoms with E-state index in [0.717, 1.165) is 25.1 Å². The number of rotatable bonds is 3. The molecule has 1 aromatic rings. The summed E-state index contributed by atoms with van der Waals surface area (Å²) in [6.07, 6.45) is 3.90. The van der Waals surface area contributed by atoms with E-state index in [2.05, 4.69) is 4.98 Å². The molecule has 1 atom stereocenters. The van der Waals surface area contributed by atoms with Gasteiger partial charge in [-0.3, -0.25) is 4.79 Å². The molecule has 1 aliphatic heterocycles. The summed E-state index contributed by atoms with van der Waals surface area (Å²) in [5.41, 5.74) is 1.08. The number of ether oxygens (including phenoxy) is 1. The molecule has 1 aromatic heterocycles. The second kappa shape index (κ2) is 4.65. The molecule has 5 nitrogen and oxygen atoms in total. The number of imidazole rings is 1. The lowest BCUT2D eigenvalue weighted by Crippen LogP contribution is -2.18. The predicted molar refractivity (Wildman–Crippen MR) is 57.3 cm³/mol. The van der Waals surface area contributed by atoms with Gasteiger partial charge in [0.15, 0.2) is 0 Å². The van der Waals surface area contributed by atoms with Crippen molar-refractivity contribution in [2.75, 3.05) is 13.2 Å². The average Bonchev–Trinajstić information content (AvgIpc) is 2.61. The quantitative estimate of drug-likeness (QED) is 0.830. The lowest BCUT2D eigenvalue weighted by Gasteiger charge is -2.22. The number of carboxylic acids is 1. The fourth-order valence-electron chi connectivity index (χ4n) is 2.12. The van der Waals surface area contributed by atoms with Crippen LogP contribution in [0.3, 0.4) is 0 Å². The first-order valence-electron chi connectivity index (χ1n) is 5.48. The van der Waals surface area contributed by atoms with Crippen molar-refractivity contribution in [1.29, 1.82) is 0 Å². The zero-order chi connectivity index (χ0) is 11.5. The number of aliphatic carboxylic acids is 1. The summed E-state index contributed by atoms with van der Waals surface area (Å²) in [6.45, 7) is 1.54. The highest BCUT2D eigenvalue weighted by Gasteiger charge is 2.20. The Kier molecular flexibility index (Phi) is 3.24. The smallest absolute Gasteiger partial charge is 0.311 e. The molecule has 2 rings (SSSR count). The van der Waals surface area contributed by atoms with Crippen LogP contribution in [0.25, 0.3) is 0 Å². The van der Waals surface area contributed by atoms with E-state index in [0.29, 0.717) is 18.3 Å². The fraction of sp³-hybridized carbons (Fsp3) is 0.636. The Morgan fingerprint density at radius 3 is 3.19 bits per heavy atom. The van der Waals surface area contributed by atoms with Crippen LogP contribution in [0.15, 0.2) is 6.20 Å². The monoisotopic (exact) mass is 224 g/mol. The van der Waals surface area contributed by atoms with Gasteiger partial charge in [0, 0.05) is 31.5 Å². The molecule has 0 radical (unpaired) electrons. The Labute approximate surface area is 94.1 Å². The molecule has 0 bridgehead atoms. The van der Waals surface area contributed by atoms with Crippen LogP contribution >= 0.6 is 0 Å². The largest absolute Gasteiger partial charge is 0.481 e. The first-order valence-corrected chi connectivity index (χ1v) is 5.48. The molecule has 0 aromatic carbocycles. The van der Waals surface area contributed by atoms with Gasteiger partial charge in [0.05, 0.1) is 6.61 Å². The van der Waals surface area contributed by atoms with Gasteiger partial charge in [-0.2, -0.15) is 0 Å². The van der Waals surface area contributed by atoms with Crippen LogP contribution in [0, 0.1) is 0 Å². The van der Waals surface area contributed by atoms with E-state index in [9.17, 15) is 4.79 Å². The number of nitrogens with zero attached hydrogens (tertiary/aromatic N) is 2. The molecule has 88 valence electrons. The van der Waals surface area contributed by atoms with Crippen molar-refractivity contribution in [1.82, 2.24) is 9.55 Å². The van der Waals surface area contributed by atoms with Crippen molar-refractivity contribution in [3.63, 3.8) is 0 Å². The molecular formula is C11H16N2O3. The molecule has 0 amide bonds. The van der Waals surface area contributed by atoms with Crippen molar-refractivity contribution < 1.29 is 14.6 Å². The summed E-state index contributed by atoms with van der Waals surface area (Å²) >= 11 is 0. The summed E-state index contributed by atoms with van der Waals surface area (Å²) in [4.78, 5) is 14.8. The number of aromatic nitrogens is 2. The Morgan fingerprint density at radius 2 is 2.56 bits per heavy atom. The van der Waals surface area contributed by atoms with Gasteiger partial charge in [0.1, 0.15) is 12.2 Å². The van der Waals surface area contributed by atoms with Gasteiger partial charge < -0.3 is 14.4 Å². The van der Waals surface area contributed by atoms with Crippen LogP contribution in [-0.4, -0.2) is 33.8 Å². The summed E-state index contributed by atoms with van der Waals surface area (Å²) < 4.78 is 7.31. The number of hydrogen-bond acceptors (Lipinski definition) is 3. The molecule has 1 saturated heterocycles. The van der Waals surface area contributed by atoms with Gasteiger partial charge in [-0.1, -0.05) is 0 Å². The Balaban J connectivity index is 2.15. The Hall–Kier alpha value is -1.36. The molecule has 0 saturated carbocycles. The third-order valence-corrected chi connectivity index (χ3v) is 3.01. The van der Waals surface area contributed by atoms with E-state index in [1.807, 2.05) is 11.6 Å². The van der Waals surface area contributed by atoms with Crippen molar-refractivity contribution in [2.45, 2.75) is 25.2 Å². The molecule has 5 heteroatoms. The molecule has 1 fully saturated rings. The molecule has 0 aliphatic carbocycles. The van der Waals surface area contributed by atoms with Crippen LogP contribution in [0.2, 0.25) is 0 Å². The van der Waals surface area contributed by atoms with Gasteiger partial charge in [-0.15, -0.1) is 0 Å². The predicted octanol–water partition coefficient (Wildman–Crippen LogP) is 0.941. The summed E-state index contributed by atoms with van der Waals surface area (Å²) in [7, 11) is 1.87. The number of carbonyl (C=O) groups is 1. The highest BCUT2D eigenvalue weighted by molar-refractivity contribution is 5.69. The summed E-state index contributed by atoms with van der Waals surface area (Å²) in [5, 5.41) is 8.73. The minimum atomic E-state index is -0.847. The van der Waals surface area contributed by atoms with Crippen molar-refractivity contribution in [2.24, 2.45) is 7.05 Å². The van der Waals surface area contributed by atoms with E-state index >= 15 is 0 Å². The van der Waals surface area contributed by atoms with E-state index in [4.69, 9.17) is 9.84 Å². The molecular weight excluding hydrogens is 208 g/mol. The molecule has 2 heterocycles. The fourth-order valence-corrected chi connectivity index (χ4v) is 2.12. The number of carboxylic acid groups (broad SMARTS) is 1. The third kappa shape index (κ3) is 2.24. The normalized spacial score (nSPS) is 20.9. The van der Waals surface area contributed by atoms with Gasteiger partial charge >= 0.3 is 5.97 Å². The second-order valence-electron chi connectivity index (χ2n) is 4.14. The van der Waals surface area contributed by atoms with Crippen molar-refractivity contribution in [3.8, 4) is 0 Å². The maximum atomic E-state index is 10.6.